The minimum absolute atomic E-state index is 0.134. The first-order valence-electron chi connectivity index (χ1n) is 7.19. The van der Waals surface area contributed by atoms with E-state index in [0.29, 0.717) is 0 Å². The number of amides is 1. The molecule has 0 saturated heterocycles. The van der Waals surface area contributed by atoms with Crippen LogP contribution in [0.1, 0.15) is 63.3 Å². The van der Waals surface area contributed by atoms with Crippen LogP contribution in [0.3, 0.4) is 0 Å². The Hall–Kier alpha value is -1.25. The molecular weight excluding hydrogens is 224 g/mol. The van der Waals surface area contributed by atoms with Crippen molar-refractivity contribution in [1.29, 1.82) is 0 Å². The first-order chi connectivity index (χ1) is 8.72. The van der Waals surface area contributed by atoms with Crippen molar-refractivity contribution < 1.29 is 4.79 Å². The molecule has 0 spiro atoms. The van der Waals surface area contributed by atoms with E-state index in [0.717, 1.165) is 38.5 Å². The van der Waals surface area contributed by atoms with Crippen LogP contribution < -0.4 is 5.32 Å². The topological polar surface area (TPSA) is 44.9 Å². The van der Waals surface area contributed by atoms with Crippen LogP contribution in [0.4, 0.5) is 0 Å². The van der Waals surface area contributed by atoms with E-state index in [1.165, 1.54) is 11.3 Å². The maximum atomic E-state index is 12.1. The Labute approximate surface area is 109 Å². The second kappa shape index (κ2) is 6.07. The van der Waals surface area contributed by atoms with Crippen molar-refractivity contribution in [3.05, 3.63) is 23.5 Å². The number of rotatable bonds is 5. The van der Waals surface area contributed by atoms with Crippen LogP contribution in [0, 0.1) is 5.92 Å². The summed E-state index contributed by atoms with van der Waals surface area (Å²) in [5.41, 5.74) is 2.59. The van der Waals surface area contributed by atoms with Gasteiger partial charge in [0.2, 0.25) is 5.91 Å². The Morgan fingerprint density at radius 3 is 3.22 bits per heavy atom. The predicted molar refractivity (Wildman–Crippen MR) is 73.3 cm³/mol. The minimum Gasteiger partial charge on any atom is -0.365 e. The van der Waals surface area contributed by atoms with Gasteiger partial charge in [-0.15, -0.1) is 0 Å². The molecular formula is C15H24N2O. The minimum atomic E-state index is 0.134. The van der Waals surface area contributed by atoms with E-state index in [1.807, 2.05) is 13.1 Å². The summed E-state index contributed by atoms with van der Waals surface area (Å²) >= 11 is 0. The van der Waals surface area contributed by atoms with E-state index < -0.39 is 0 Å². The zero-order valence-electron chi connectivity index (χ0n) is 11.5. The third-order valence-corrected chi connectivity index (χ3v) is 3.92. The van der Waals surface area contributed by atoms with E-state index in [2.05, 4.69) is 23.3 Å². The highest BCUT2D eigenvalue weighted by Crippen LogP contribution is 2.29. The summed E-state index contributed by atoms with van der Waals surface area (Å²) in [5, 5.41) is 3.21. The van der Waals surface area contributed by atoms with Gasteiger partial charge in [0.05, 0.1) is 6.04 Å². The average molecular weight is 248 g/mol. The lowest BCUT2D eigenvalue weighted by Gasteiger charge is -2.25. The third kappa shape index (κ3) is 2.95. The molecule has 1 amide bonds. The summed E-state index contributed by atoms with van der Waals surface area (Å²) in [6.07, 6.45) is 8.60. The molecule has 2 rings (SSSR count). The lowest BCUT2D eigenvalue weighted by Crippen LogP contribution is -2.34. The molecule has 2 N–H and O–H groups in total. The Morgan fingerprint density at radius 1 is 1.61 bits per heavy atom. The Balaban J connectivity index is 1.93. The van der Waals surface area contributed by atoms with E-state index >= 15 is 0 Å². The molecule has 2 atom stereocenters. The standard InChI is InChI=1S/C15H24N2O/c1-3-4-6-11(2)15(18)17-14-8-5-7-13-12(14)9-10-16-13/h9-11,14,16H,3-8H2,1-2H3,(H,17,18). The van der Waals surface area contributed by atoms with Crippen LogP contribution in [-0.2, 0) is 11.2 Å². The van der Waals surface area contributed by atoms with Gasteiger partial charge in [-0.25, -0.2) is 0 Å². The normalized spacial score (nSPS) is 20.2. The highest BCUT2D eigenvalue weighted by Gasteiger charge is 2.24. The molecule has 0 bridgehead atoms. The molecule has 0 fully saturated rings. The van der Waals surface area contributed by atoms with Crippen molar-refractivity contribution in [3.63, 3.8) is 0 Å². The van der Waals surface area contributed by atoms with Crippen LogP contribution in [-0.4, -0.2) is 10.9 Å². The monoisotopic (exact) mass is 248 g/mol. The van der Waals surface area contributed by atoms with Gasteiger partial charge in [0.15, 0.2) is 0 Å². The quantitative estimate of drug-likeness (QED) is 0.824. The second-order valence-corrected chi connectivity index (χ2v) is 5.41. The summed E-state index contributed by atoms with van der Waals surface area (Å²) in [7, 11) is 0. The lowest BCUT2D eigenvalue weighted by atomic mass is 9.92. The Bertz CT molecular complexity index is 397. The fourth-order valence-electron chi connectivity index (χ4n) is 2.70. The van der Waals surface area contributed by atoms with Gasteiger partial charge in [0.1, 0.15) is 0 Å². The molecule has 3 nitrogen and oxygen atoms in total. The number of unbranched alkanes of at least 4 members (excludes halogenated alkanes) is 1. The van der Waals surface area contributed by atoms with Gasteiger partial charge in [-0.1, -0.05) is 26.7 Å². The summed E-state index contributed by atoms with van der Waals surface area (Å²) in [6.45, 7) is 4.20. The van der Waals surface area contributed by atoms with Crippen molar-refractivity contribution in [3.8, 4) is 0 Å². The molecule has 2 unspecified atom stereocenters. The Morgan fingerprint density at radius 2 is 2.44 bits per heavy atom. The van der Waals surface area contributed by atoms with Crippen molar-refractivity contribution in [2.45, 2.75) is 58.4 Å². The molecule has 100 valence electrons. The van der Waals surface area contributed by atoms with Crippen molar-refractivity contribution in [2.24, 2.45) is 5.92 Å². The third-order valence-electron chi connectivity index (χ3n) is 3.92. The molecule has 0 aromatic carbocycles. The molecule has 0 saturated carbocycles. The number of hydrogen-bond acceptors (Lipinski definition) is 1. The number of carbonyl (C=O) groups is 1. The fraction of sp³-hybridized carbons (Fsp3) is 0.667. The van der Waals surface area contributed by atoms with Crippen molar-refractivity contribution >= 4 is 5.91 Å². The van der Waals surface area contributed by atoms with Crippen LogP contribution in [0.2, 0.25) is 0 Å². The fourth-order valence-corrected chi connectivity index (χ4v) is 2.70. The van der Waals surface area contributed by atoms with Crippen LogP contribution in [0.25, 0.3) is 0 Å². The number of aromatic nitrogens is 1. The molecule has 1 aromatic rings. The van der Waals surface area contributed by atoms with Crippen LogP contribution in [0.15, 0.2) is 12.3 Å². The molecule has 0 radical (unpaired) electrons. The Kier molecular flexibility index (Phi) is 4.45. The maximum Gasteiger partial charge on any atom is 0.223 e. The second-order valence-electron chi connectivity index (χ2n) is 5.41. The summed E-state index contributed by atoms with van der Waals surface area (Å²) in [5.74, 6) is 0.344. The van der Waals surface area contributed by atoms with Gasteiger partial charge in [0, 0.05) is 17.8 Å². The van der Waals surface area contributed by atoms with Crippen LogP contribution in [0.5, 0.6) is 0 Å². The molecule has 1 aromatic heterocycles. The van der Waals surface area contributed by atoms with Gasteiger partial charge in [0.25, 0.3) is 0 Å². The number of aromatic amines is 1. The van der Waals surface area contributed by atoms with E-state index in [1.54, 1.807) is 0 Å². The van der Waals surface area contributed by atoms with E-state index in [9.17, 15) is 4.79 Å². The molecule has 1 aliphatic carbocycles. The number of aryl methyl sites for hydroxylation is 1. The smallest absolute Gasteiger partial charge is 0.223 e. The highest BCUT2D eigenvalue weighted by atomic mass is 16.1. The summed E-state index contributed by atoms with van der Waals surface area (Å²) in [4.78, 5) is 15.4. The maximum absolute atomic E-state index is 12.1. The number of H-pyrrole nitrogens is 1. The molecule has 3 heteroatoms. The first kappa shape index (κ1) is 13.2. The SMILES string of the molecule is CCCCC(C)C(=O)NC1CCCc2[nH]ccc21. The number of hydrogen-bond donors (Lipinski definition) is 2. The number of carbonyl (C=O) groups excluding carboxylic acids is 1. The molecule has 1 aliphatic rings. The summed E-state index contributed by atoms with van der Waals surface area (Å²) < 4.78 is 0. The first-order valence-corrected chi connectivity index (χ1v) is 7.19. The lowest BCUT2D eigenvalue weighted by molar-refractivity contribution is -0.125. The van der Waals surface area contributed by atoms with E-state index in [4.69, 9.17) is 0 Å². The van der Waals surface area contributed by atoms with Gasteiger partial charge >= 0.3 is 0 Å². The van der Waals surface area contributed by atoms with Gasteiger partial charge in [-0.05, 0) is 37.3 Å². The van der Waals surface area contributed by atoms with Gasteiger partial charge in [-0.2, -0.15) is 0 Å². The van der Waals surface area contributed by atoms with E-state index in [-0.39, 0.29) is 17.9 Å². The van der Waals surface area contributed by atoms with Crippen molar-refractivity contribution in [2.75, 3.05) is 0 Å². The van der Waals surface area contributed by atoms with Crippen molar-refractivity contribution in [1.82, 2.24) is 10.3 Å². The molecule has 1 heterocycles. The number of fused-ring (bicyclic) bond motifs is 1. The highest BCUT2D eigenvalue weighted by molar-refractivity contribution is 5.78. The molecule has 0 aliphatic heterocycles. The number of nitrogens with one attached hydrogen (secondary N) is 2. The largest absolute Gasteiger partial charge is 0.365 e. The zero-order chi connectivity index (χ0) is 13.0. The summed E-state index contributed by atoms with van der Waals surface area (Å²) in [6, 6.07) is 2.33. The van der Waals surface area contributed by atoms with Gasteiger partial charge < -0.3 is 10.3 Å². The predicted octanol–water partition coefficient (Wildman–Crippen LogP) is 3.33. The zero-order valence-corrected chi connectivity index (χ0v) is 11.5. The molecule has 18 heavy (non-hydrogen) atoms. The van der Waals surface area contributed by atoms with Gasteiger partial charge in [-0.3, -0.25) is 4.79 Å². The van der Waals surface area contributed by atoms with Crippen LogP contribution >= 0.6 is 0 Å². The average Bonchev–Trinajstić information content (AvgIpc) is 2.85.